The second-order valence-electron chi connectivity index (χ2n) is 3.06. The van der Waals surface area contributed by atoms with E-state index in [-0.39, 0.29) is 16.7 Å². The molecule has 0 saturated heterocycles. The van der Waals surface area contributed by atoms with Gasteiger partial charge >= 0.3 is 0 Å². The van der Waals surface area contributed by atoms with Crippen molar-refractivity contribution in [2.75, 3.05) is 5.75 Å². The van der Waals surface area contributed by atoms with Gasteiger partial charge in [-0.3, -0.25) is 4.21 Å². The summed E-state index contributed by atoms with van der Waals surface area (Å²) in [5.74, 6) is -1.13. The minimum atomic E-state index is -1.58. The molecule has 0 fully saturated rings. The van der Waals surface area contributed by atoms with Crippen LogP contribution in [-0.4, -0.2) is 16.0 Å². The zero-order chi connectivity index (χ0) is 10.7. The fraction of sp³-hybridized carbons (Fsp3) is 0.333. The molecule has 0 aliphatic heterocycles. The molecule has 2 nitrogen and oxygen atoms in total. The maximum atomic E-state index is 13.1. The van der Waals surface area contributed by atoms with Crippen LogP contribution in [0.1, 0.15) is 6.92 Å². The van der Waals surface area contributed by atoms with Gasteiger partial charge in [0.15, 0.2) is 0 Å². The molecular weight excluding hydrogens is 208 g/mol. The van der Waals surface area contributed by atoms with Crippen molar-refractivity contribution in [3.63, 3.8) is 0 Å². The van der Waals surface area contributed by atoms with Gasteiger partial charge in [-0.25, -0.2) is 8.78 Å². The van der Waals surface area contributed by atoms with Gasteiger partial charge in [-0.2, -0.15) is 0 Å². The first-order valence-corrected chi connectivity index (χ1v) is 5.41. The van der Waals surface area contributed by atoms with E-state index in [1.807, 2.05) is 0 Å². The van der Waals surface area contributed by atoms with E-state index in [9.17, 15) is 13.0 Å². The molecule has 1 aromatic carbocycles. The van der Waals surface area contributed by atoms with Crippen molar-refractivity contribution in [3.8, 4) is 0 Å². The minimum absolute atomic E-state index is 0.123. The van der Waals surface area contributed by atoms with E-state index in [1.165, 1.54) is 0 Å². The molecule has 0 aliphatic carbocycles. The highest BCUT2D eigenvalue weighted by molar-refractivity contribution is 7.85. The second-order valence-corrected chi connectivity index (χ2v) is 4.53. The summed E-state index contributed by atoms with van der Waals surface area (Å²) in [7, 11) is -1.58. The first kappa shape index (κ1) is 11.3. The Morgan fingerprint density at radius 1 is 1.50 bits per heavy atom. The number of hydrogen-bond acceptors (Lipinski definition) is 2. The number of hydrogen-bond donors (Lipinski definition) is 1. The van der Waals surface area contributed by atoms with Crippen molar-refractivity contribution in [2.45, 2.75) is 17.9 Å². The molecule has 1 aromatic rings. The molecule has 0 saturated carbocycles. The van der Waals surface area contributed by atoms with Crippen LogP contribution in [-0.2, 0) is 10.8 Å². The largest absolute Gasteiger partial charge is 0.327 e. The molecule has 1 rings (SSSR count). The van der Waals surface area contributed by atoms with Gasteiger partial charge in [0.05, 0.1) is 15.7 Å². The van der Waals surface area contributed by atoms with E-state index in [0.717, 1.165) is 18.2 Å². The Balaban J connectivity index is 2.94. The molecule has 78 valence electrons. The summed E-state index contributed by atoms with van der Waals surface area (Å²) in [5.41, 5.74) is 5.41. The monoisotopic (exact) mass is 219 g/mol. The maximum Gasteiger partial charge on any atom is 0.139 e. The average molecular weight is 219 g/mol. The molecule has 0 aromatic heterocycles. The molecule has 2 N–H and O–H groups in total. The molecule has 14 heavy (non-hydrogen) atoms. The lowest BCUT2D eigenvalue weighted by Gasteiger charge is -2.06. The van der Waals surface area contributed by atoms with E-state index in [0.29, 0.717) is 0 Å². The van der Waals surface area contributed by atoms with Crippen molar-refractivity contribution in [3.05, 3.63) is 29.8 Å². The number of rotatable bonds is 3. The van der Waals surface area contributed by atoms with E-state index >= 15 is 0 Å². The highest BCUT2D eigenvalue weighted by Crippen LogP contribution is 2.14. The van der Waals surface area contributed by atoms with E-state index in [2.05, 4.69) is 0 Å². The summed E-state index contributed by atoms with van der Waals surface area (Å²) in [6, 6.07) is 2.58. The van der Waals surface area contributed by atoms with Crippen molar-refractivity contribution < 1.29 is 13.0 Å². The van der Waals surface area contributed by atoms with E-state index < -0.39 is 22.4 Å². The van der Waals surface area contributed by atoms with Crippen LogP contribution in [0, 0.1) is 11.6 Å². The summed E-state index contributed by atoms with van der Waals surface area (Å²) < 4.78 is 37.2. The van der Waals surface area contributed by atoms with Crippen LogP contribution in [0.2, 0.25) is 0 Å². The number of halogens is 2. The SMILES string of the molecule is CC(N)CS(=O)c1cc(F)ccc1F. The normalized spacial score (nSPS) is 15.1. The zero-order valence-electron chi connectivity index (χ0n) is 7.67. The highest BCUT2D eigenvalue weighted by Gasteiger charge is 2.12. The Labute approximate surface area is 83.6 Å². The summed E-state index contributed by atoms with van der Waals surface area (Å²) in [6.45, 7) is 1.66. The third-order valence-corrected chi connectivity index (χ3v) is 3.18. The van der Waals surface area contributed by atoms with Crippen LogP contribution in [0.4, 0.5) is 8.78 Å². The van der Waals surface area contributed by atoms with Gasteiger partial charge < -0.3 is 5.73 Å². The van der Waals surface area contributed by atoms with Gasteiger partial charge in [0.25, 0.3) is 0 Å². The Hall–Kier alpha value is -0.810. The van der Waals surface area contributed by atoms with Crippen LogP contribution in [0.5, 0.6) is 0 Å². The zero-order valence-corrected chi connectivity index (χ0v) is 8.48. The molecular formula is C9H11F2NOS. The molecule has 0 bridgehead atoms. The third-order valence-electron chi connectivity index (χ3n) is 1.55. The Kier molecular flexibility index (Phi) is 3.71. The molecule has 0 amide bonds. The maximum absolute atomic E-state index is 13.1. The molecule has 2 atom stereocenters. The van der Waals surface area contributed by atoms with Gasteiger partial charge in [-0.15, -0.1) is 0 Å². The van der Waals surface area contributed by atoms with Gasteiger partial charge in [0.1, 0.15) is 11.6 Å². The fourth-order valence-corrected chi connectivity index (χ4v) is 2.17. The molecule has 0 heterocycles. The van der Waals surface area contributed by atoms with Crippen molar-refractivity contribution >= 4 is 10.8 Å². The topological polar surface area (TPSA) is 43.1 Å². The van der Waals surface area contributed by atoms with Gasteiger partial charge in [0, 0.05) is 11.8 Å². The van der Waals surface area contributed by atoms with Crippen molar-refractivity contribution in [1.82, 2.24) is 0 Å². The Morgan fingerprint density at radius 2 is 2.14 bits per heavy atom. The average Bonchev–Trinajstić information content (AvgIpc) is 2.08. The molecule has 0 spiro atoms. The van der Waals surface area contributed by atoms with Crippen LogP contribution in [0.15, 0.2) is 23.1 Å². The van der Waals surface area contributed by atoms with Gasteiger partial charge in [-0.1, -0.05) is 0 Å². The molecule has 2 unspecified atom stereocenters. The Bertz CT molecular complexity index is 355. The van der Waals surface area contributed by atoms with Gasteiger partial charge in [-0.05, 0) is 25.1 Å². The Morgan fingerprint density at radius 3 is 2.71 bits per heavy atom. The third kappa shape index (κ3) is 2.85. The first-order chi connectivity index (χ1) is 6.50. The minimum Gasteiger partial charge on any atom is -0.327 e. The predicted octanol–water partition coefficient (Wildman–Crippen LogP) is 1.42. The summed E-state index contributed by atoms with van der Waals surface area (Å²) in [4.78, 5) is -0.123. The first-order valence-electron chi connectivity index (χ1n) is 4.09. The summed E-state index contributed by atoms with van der Waals surface area (Å²) in [5, 5.41) is 0. The predicted molar refractivity (Wildman–Crippen MR) is 51.3 cm³/mol. The molecule has 0 aliphatic rings. The smallest absolute Gasteiger partial charge is 0.139 e. The summed E-state index contributed by atoms with van der Waals surface area (Å²) in [6.07, 6.45) is 0. The van der Waals surface area contributed by atoms with Crippen molar-refractivity contribution in [1.29, 1.82) is 0 Å². The fourth-order valence-electron chi connectivity index (χ4n) is 0.980. The van der Waals surface area contributed by atoms with E-state index in [1.54, 1.807) is 6.92 Å². The van der Waals surface area contributed by atoms with Gasteiger partial charge in [0.2, 0.25) is 0 Å². The van der Waals surface area contributed by atoms with Crippen LogP contribution >= 0.6 is 0 Å². The lowest BCUT2D eigenvalue weighted by molar-refractivity contribution is 0.571. The van der Waals surface area contributed by atoms with Crippen LogP contribution < -0.4 is 5.73 Å². The highest BCUT2D eigenvalue weighted by atomic mass is 32.2. The molecule has 0 radical (unpaired) electrons. The quantitative estimate of drug-likeness (QED) is 0.835. The summed E-state index contributed by atoms with van der Waals surface area (Å²) >= 11 is 0. The lowest BCUT2D eigenvalue weighted by atomic mass is 10.3. The number of nitrogens with two attached hydrogens (primary N) is 1. The van der Waals surface area contributed by atoms with E-state index in [4.69, 9.17) is 5.73 Å². The van der Waals surface area contributed by atoms with Crippen LogP contribution in [0.3, 0.4) is 0 Å². The number of benzene rings is 1. The lowest BCUT2D eigenvalue weighted by Crippen LogP contribution is -2.23. The standard InChI is InChI=1S/C9H11F2NOS/c1-6(12)5-14(13)9-4-7(10)2-3-8(9)11/h2-4,6H,5,12H2,1H3. The molecule has 5 heteroatoms. The second kappa shape index (κ2) is 4.61. The van der Waals surface area contributed by atoms with Crippen molar-refractivity contribution in [2.24, 2.45) is 5.73 Å². The van der Waals surface area contributed by atoms with Crippen LogP contribution in [0.25, 0.3) is 0 Å².